The highest BCUT2D eigenvalue weighted by molar-refractivity contribution is 7.89. The zero-order valence-electron chi connectivity index (χ0n) is 12.5. The van der Waals surface area contributed by atoms with Crippen LogP contribution in [0.3, 0.4) is 0 Å². The molecule has 0 amide bonds. The van der Waals surface area contributed by atoms with Crippen LogP contribution in [0.1, 0.15) is 45.6 Å². The van der Waals surface area contributed by atoms with Gasteiger partial charge >= 0.3 is 0 Å². The maximum atomic E-state index is 12.7. The van der Waals surface area contributed by atoms with Crippen molar-refractivity contribution < 1.29 is 13.5 Å². The highest BCUT2D eigenvalue weighted by Gasteiger charge is 2.26. The number of hydrogen-bond donors (Lipinski definition) is 1. The summed E-state index contributed by atoms with van der Waals surface area (Å²) in [5.74, 6) is 0. The van der Waals surface area contributed by atoms with Gasteiger partial charge in [0.15, 0.2) is 0 Å². The number of aliphatic hydroxyl groups excluding tert-OH is 1. The molecule has 0 saturated carbocycles. The number of nitrogens with zero attached hydrogens (tertiary/aromatic N) is 1. The van der Waals surface area contributed by atoms with Gasteiger partial charge in [0.1, 0.15) is 0 Å². The molecular formula is C15H25NO3S. The Morgan fingerprint density at radius 1 is 1.25 bits per heavy atom. The summed E-state index contributed by atoms with van der Waals surface area (Å²) < 4.78 is 26.9. The Labute approximate surface area is 122 Å². The fourth-order valence-corrected chi connectivity index (χ4v) is 3.86. The SMILES string of the molecule is CCCCCN(C(C)C)S(=O)(=O)c1cccc(CO)c1. The van der Waals surface area contributed by atoms with Crippen LogP contribution in [-0.4, -0.2) is 30.4 Å². The molecule has 1 aromatic carbocycles. The summed E-state index contributed by atoms with van der Waals surface area (Å²) in [6.07, 6.45) is 2.95. The summed E-state index contributed by atoms with van der Waals surface area (Å²) in [7, 11) is -3.49. The molecule has 0 atom stereocenters. The molecule has 114 valence electrons. The summed E-state index contributed by atoms with van der Waals surface area (Å²) in [6, 6.07) is 6.45. The van der Waals surface area contributed by atoms with Crippen molar-refractivity contribution in [2.75, 3.05) is 6.54 Å². The van der Waals surface area contributed by atoms with Crippen LogP contribution in [0.5, 0.6) is 0 Å². The highest BCUT2D eigenvalue weighted by atomic mass is 32.2. The molecule has 0 aliphatic carbocycles. The lowest BCUT2D eigenvalue weighted by Gasteiger charge is -2.26. The minimum Gasteiger partial charge on any atom is -0.392 e. The van der Waals surface area contributed by atoms with Crippen LogP contribution in [0.25, 0.3) is 0 Å². The third-order valence-corrected chi connectivity index (χ3v) is 5.32. The lowest BCUT2D eigenvalue weighted by Crippen LogP contribution is -2.37. The van der Waals surface area contributed by atoms with Crippen molar-refractivity contribution in [1.29, 1.82) is 0 Å². The Hall–Kier alpha value is -0.910. The summed E-state index contributed by atoms with van der Waals surface area (Å²) >= 11 is 0. The van der Waals surface area contributed by atoms with Crippen molar-refractivity contribution in [3.63, 3.8) is 0 Å². The monoisotopic (exact) mass is 299 g/mol. The van der Waals surface area contributed by atoms with E-state index in [0.29, 0.717) is 12.1 Å². The average Bonchev–Trinajstić information content (AvgIpc) is 2.43. The largest absolute Gasteiger partial charge is 0.392 e. The van der Waals surface area contributed by atoms with Gasteiger partial charge in [-0.3, -0.25) is 0 Å². The van der Waals surface area contributed by atoms with Gasteiger partial charge < -0.3 is 5.11 Å². The minimum atomic E-state index is -3.49. The molecule has 1 aromatic rings. The van der Waals surface area contributed by atoms with E-state index in [9.17, 15) is 8.42 Å². The molecule has 0 aliphatic rings. The first-order chi connectivity index (χ1) is 9.43. The first-order valence-electron chi connectivity index (χ1n) is 7.15. The standard InChI is InChI=1S/C15H25NO3S/c1-4-5-6-10-16(13(2)3)20(18,19)15-9-7-8-14(11-15)12-17/h7-9,11,13,17H,4-6,10,12H2,1-3H3. The minimum absolute atomic E-state index is 0.0744. The predicted octanol–water partition coefficient (Wildman–Crippen LogP) is 2.77. The maximum absolute atomic E-state index is 12.7. The van der Waals surface area contributed by atoms with Gasteiger partial charge in [-0.2, -0.15) is 4.31 Å². The van der Waals surface area contributed by atoms with Gasteiger partial charge in [0, 0.05) is 12.6 Å². The number of rotatable bonds is 8. The van der Waals surface area contributed by atoms with E-state index in [4.69, 9.17) is 5.11 Å². The Morgan fingerprint density at radius 3 is 2.50 bits per heavy atom. The lowest BCUT2D eigenvalue weighted by atomic mass is 10.2. The van der Waals surface area contributed by atoms with E-state index in [1.807, 2.05) is 13.8 Å². The van der Waals surface area contributed by atoms with Crippen molar-refractivity contribution in [1.82, 2.24) is 4.31 Å². The van der Waals surface area contributed by atoms with Crippen LogP contribution in [-0.2, 0) is 16.6 Å². The summed E-state index contributed by atoms with van der Waals surface area (Å²) in [5.41, 5.74) is 0.614. The quantitative estimate of drug-likeness (QED) is 0.751. The van der Waals surface area contributed by atoms with Gasteiger partial charge in [-0.15, -0.1) is 0 Å². The van der Waals surface area contributed by atoms with Crippen molar-refractivity contribution >= 4 is 10.0 Å². The Balaban J connectivity index is 3.02. The molecule has 0 aromatic heterocycles. The molecule has 0 radical (unpaired) electrons. The molecule has 0 aliphatic heterocycles. The zero-order chi connectivity index (χ0) is 15.2. The third kappa shape index (κ3) is 4.30. The molecule has 0 saturated heterocycles. The van der Waals surface area contributed by atoms with Gasteiger partial charge in [-0.05, 0) is 38.0 Å². The second-order valence-corrected chi connectivity index (χ2v) is 7.11. The topological polar surface area (TPSA) is 57.6 Å². The van der Waals surface area contributed by atoms with Crippen molar-refractivity contribution in [3.05, 3.63) is 29.8 Å². The van der Waals surface area contributed by atoms with Crippen LogP contribution in [0, 0.1) is 0 Å². The van der Waals surface area contributed by atoms with E-state index >= 15 is 0 Å². The van der Waals surface area contributed by atoms with E-state index in [0.717, 1.165) is 19.3 Å². The molecule has 5 heteroatoms. The smallest absolute Gasteiger partial charge is 0.243 e. The van der Waals surface area contributed by atoms with E-state index in [1.165, 1.54) is 0 Å². The maximum Gasteiger partial charge on any atom is 0.243 e. The number of hydrogen-bond acceptors (Lipinski definition) is 3. The fraction of sp³-hybridized carbons (Fsp3) is 0.600. The molecule has 1 N–H and O–H groups in total. The normalized spacial score (nSPS) is 12.3. The molecule has 0 heterocycles. The molecule has 0 spiro atoms. The van der Waals surface area contributed by atoms with Gasteiger partial charge in [0.2, 0.25) is 10.0 Å². The summed E-state index contributed by atoms with van der Waals surface area (Å²) in [6.45, 7) is 6.26. The van der Waals surface area contributed by atoms with E-state index < -0.39 is 10.0 Å². The number of sulfonamides is 1. The third-order valence-electron chi connectivity index (χ3n) is 3.25. The first-order valence-corrected chi connectivity index (χ1v) is 8.59. The van der Waals surface area contributed by atoms with Crippen LogP contribution < -0.4 is 0 Å². The van der Waals surface area contributed by atoms with E-state index in [1.54, 1.807) is 28.6 Å². The number of unbranched alkanes of at least 4 members (excludes halogenated alkanes) is 2. The molecule has 0 fully saturated rings. The van der Waals surface area contributed by atoms with Crippen molar-refractivity contribution in [2.24, 2.45) is 0 Å². The van der Waals surface area contributed by atoms with E-state index in [-0.39, 0.29) is 17.5 Å². The van der Waals surface area contributed by atoms with Crippen LogP contribution in [0.2, 0.25) is 0 Å². The molecule has 0 bridgehead atoms. The average molecular weight is 299 g/mol. The van der Waals surface area contributed by atoms with Gasteiger partial charge in [0.25, 0.3) is 0 Å². The van der Waals surface area contributed by atoms with Crippen LogP contribution >= 0.6 is 0 Å². The second kappa shape index (κ2) is 7.76. The van der Waals surface area contributed by atoms with Crippen molar-refractivity contribution in [3.8, 4) is 0 Å². The highest BCUT2D eigenvalue weighted by Crippen LogP contribution is 2.20. The summed E-state index contributed by atoms with van der Waals surface area (Å²) in [5, 5.41) is 9.14. The van der Waals surface area contributed by atoms with Gasteiger partial charge in [-0.1, -0.05) is 31.9 Å². The Kier molecular flexibility index (Phi) is 6.65. The van der Waals surface area contributed by atoms with Gasteiger partial charge in [0.05, 0.1) is 11.5 Å². The Morgan fingerprint density at radius 2 is 1.95 bits per heavy atom. The first kappa shape index (κ1) is 17.1. The summed E-state index contributed by atoms with van der Waals surface area (Å²) in [4.78, 5) is 0.259. The molecule has 4 nitrogen and oxygen atoms in total. The molecule has 20 heavy (non-hydrogen) atoms. The van der Waals surface area contributed by atoms with Crippen LogP contribution in [0.15, 0.2) is 29.2 Å². The molecular weight excluding hydrogens is 274 g/mol. The van der Waals surface area contributed by atoms with Crippen molar-refractivity contribution in [2.45, 2.75) is 57.6 Å². The van der Waals surface area contributed by atoms with E-state index in [2.05, 4.69) is 6.92 Å². The fourth-order valence-electron chi connectivity index (χ4n) is 2.11. The predicted molar refractivity (Wildman–Crippen MR) is 80.9 cm³/mol. The lowest BCUT2D eigenvalue weighted by molar-refractivity contribution is 0.281. The van der Waals surface area contributed by atoms with Crippen LogP contribution in [0.4, 0.5) is 0 Å². The Bertz CT molecular complexity index is 512. The zero-order valence-corrected chi connectivity index (χ0v) is 13.4. The second-order valence-electron chi connectivity index (χ2n) is 5.22. The molecule has 0 unspecified atom stereocenters. The van der Waals surface area contributed by atoms with Gasteiger partial charge in [-0.25, -0.2) is 8.42 Å². The molecule has 1 rings (SSSR count). The number of benzene rings is 1. The number of aliphatic hydroxyl groups is 1.